The van der Waals surface area contributed by atoms with Crippen LogP contribution in [-0.2, 0) is 0 Å². The summed E-state index contributed by atoms with van der Waals surface area (Å²) in [4.78, 5) is 3.00. The van der Waals surface area contributed by atoms with Gasteiger partial charge in [0.25, 0.3) is 0 Å². The lowest BCUT2D eigenvalue weighted by molar-refractivity contribution is 0.144. The highest BCUT2D eigenvalue weighted by Gasteiger charge is 2.35. The molecule has 0 amide bonds. The minimum atomic E-state index is 0.483. The average Bonchev–Trinajstić information content (AvgIpc) is 2.49. The number of nitrogens with two attached hydrogens (primary N) is 1. The first kappa shape index (κ1) is 13.9. The molecule has 1 aromatic rings. The first-order chi connectivity index (χ1) is 9.69. The number of nitrogens with zero attached hydrogens (tertiary/aromatic N) is 1. The molecule has 3 heteroatoms. The molecule has 0 bridgehead atoms. The molecule has 3 rings (SSSR count). The van der Waals surface area contributed by atoms with Crippen molar-refractivity contribution in [1.82, 2.24) is 0 Å². The Labute approximate surface area is 127 Å². The van der Waals surface area contributed by atoms with E-state index in [1.807, 2.05) is 12.1 Å². The number of rotatable bonds is 2. The van der Waals surface area contributed by atoms with Crippen molar-refractivity contribution >= 4 is 22.9 Å². The monoisotopic (exact) mass is 288 g/mol. The molecule has 2 fully saturated rings. The van der Waals surface area contributed by atoms with E-state index in [0.717, 1.165) is 5.56 Å². The normalized spacial score (nSPS) is 21.9. The van der Waals surface area contributed by atoms with Crippen molar-refractivity contribution in [3.63, 3.8) is 0 Å². The molecule has 1 aromatic carbocycles. The van der Waals surface area contributed by atoms with E-state index < -0.39 is 0 Å². The van der Waals surface area contributed by atoms with E-state index >= 15 is 0 Å². The largest absolute Gasteiger partial charge is 0.389 e. The van der Waals surface area contributed by atoms with Gasteiger partial charge in [0.05, 0.1) is 0 Å². The zero-order valence-electron chi connectivity index (χ0n) is 12.1. The Morgan fingerprint density at radius 1 is 0.950 bits per heavy atom. The van der Waals surface area contributed by atoms with Crippen molar-refractivity contribution in [1.29, 1.82) is 0 Å². The van der Waals surface area contributed by atoms with Gasteiger partial charge < -0.3 is 10.6 Å². The SMILES string of the molecule is NC(=S)c1ccc(N2CCC3(CCCCC3)CC2)cc1. The van der Waals surface area contributed by atoms with Crippen LogP contribution >= 0.6 is 12.2 Å². The van der Waals surface area contributed by atoms with E-state index in [1.54, 1.807) is 0 Å². The lowest BCUT2D eigenvalue weighted by Crippen LogP contribution is -2.41. The molecular formula is C17H24N2S. The highest BCUT2D eigenvalue weighted by Crippen LogP contribution is 2.45. The molecule has 20 heavy (non-hydrogen) atoms. The van der Waals surface area contributed by atoms with Gasteiger partial charge in [-0.2, -0.15) is 0 Å². The second-order valence-corrected chi connectivity index (χ2v) is 6.90. The Hall–Kier alpha value is -1.09. The summed E-state index contributed by atoms with van der Waals surface area (Å²) in [7, 11) is 0. The van der Waals surface area contributed by atoms with Gasteiger partial charge in [-0.25, -0.2) is 0 Å². The Kier molecular flexibility index (Phi) is 3.97. The molecule has 0 atom stereocenters. The topological polar surface area (TPSA) is 29.3 Å². The zero-order valence-corrected chi connectivity index (χ0v) is 12.9. The summed E-state index contributed by atoms with van der Waals surface area (Å²) < 4.78 is 0. The smallest absolute Gasteiger partial charge is 0.103 e. The lowest BCUT2D eigenvalue weighted by Gasteiger charge is -2.45. The van der Waals surface area contributed by atoms with Crippen molar-refractivity contribution in [2.45, 2.75) is 44.9 Å². The maximum absolute atomic E-state index is 5.65. The number of piperidine rings is 1. The Bertz CT molecular complexity index is 464. The van der Waals surface area contributed by atoms with Crippen molar-refractivity contribution < 1.29 is 0 Å². The Balaban J connectivity index is 1.64. The molecule has 1 spiro atoms. The fraction of sp³-hybridized carbons (Fsp3) is 0.588. The third-order valence-corrected chi connectivity index (χ3v) is 5.49. The summed E-state index contributed by atoms with van der Waals surface area (Å²) in [6.45, 7) is 2.40. The number of thiocarbonyl (C=S) groups is 1. The fourth-order valence-electron chi connectivity index (χ4n) is 3.88. The standard InChI is InChI=1S/C17H24N2S/c18-16(20)14-4-6-15(7-5-14)19-12-10-17(11-13-19)8-2-1-3-9-17/h4-7H,1-3,8-13H2,(H2,18,20). The van der Waals surface area contributed by atoms with E-state index in [-0.39, 0.29) is 0 Å². The van der Waals surface area contributed by atoms with Crippen LogP contribution in [0.15, 0.2) is 24.3 Å². The van der Waals surface area contributed by atoms with E-state index in [0.29, 0.717) is 10.4 Å². The maximum atomic E-state index is 5.65. The number of hydrogen-bond donors (Lipinski definition) is 1. The van der Waals surface area contributed by atoms with Crippen LogP contribution in [-0.4, -0.2) is 18.1 Å². The molecule has 108 valence electrons. The first-order valence-electron chi connectivity index (χ1n) is 7.83. The average molecular weight is 288 g/mol. The molecule has 1 aliphatic heterocycles. The van der Waals surface area contributed by atoms with Crippen LogP contribution in [0.25, 0.3) is 0 Å². The van der Waals surface area contributed by atoms with Gasteiger partial charge in [-0.15, -0.1) is 0 Å². The third-order valence-electron chi connectivity index (χ3n) is 5.26. The molecular weight excluding hydrogens is 264 g/mol. The van der Waals surface area contributed by atoms with Gasteiger partial charge in [0.15, 0.2) is 0 Å². The van der Waals surface area contributed by atoms with Gasteiger partial charge in [0.1, 0.15) is 4.99 Å². The summed E-state index contributed by atoms with van der Waals surface area (Å²) in [5.41, 5.74) is 8.61. The van der Waals surface area contributed by atoms with Gasteiger partial charge in [-0.05, 0) is 55.4 Å². The van der Waals surface area contributed by atoms with Crippen LogP contribution in [0.2, 0.25) is 0 Å². The summed E-state index contributed by atoms with van der Waals surface area (Å²) in [5.74, 6) is 0. The molecule has 2 nitrogen and oxygen atoms in total. The van der Waals surface area contributed by atoms with Gasteiger partial charge >= 0.3 is 0 Å². The summed E-state index contributed by atoms with van der Waals surface area (Å²) >= 11 is 5.01. The molecule has 2 aliphatic rings. The van der Waals surface area contributed by atoms with Crippen molar-refractivity contribution in [2.75, 3.05) is 18.0 Å². The third kappa shape index (κ3) is 2.83. The molecule has 0 aromatic heterocycles. The Morgan fingerprint density at radius 3 is 2.10 bits per heavy atom. The van der Waals surface area contributed by atoms with E-state index in [1.165, 1.54) is 63.7 Å². The van der Waals surface area contributed by atoms with Crippen molar-refractivity contribution in [2.24, 2.45) is 11.1 Å². The summed E-state index contributed by atoms with van der Waals surface area (Å²) in [6.07, 6.45) is 9.99. The zero-order chi connectivity index (χ0) is 14.0. The Morgan fingerprint density at radius 2 is 1.55 bits per heavy atom. The van der Waals surface area contributed by atoms with Gasteiger partial charge in [0.2, 0.25) is 0 Å². The van der Waals surface area contributed by atoms with Crippen LogP contribution in [0.5, 0.6) is 0 Å². The van der Waals surface area contributed by atoms with E-state index in [9.17, 15) is 0 Å². The number of hydrogen-bond acceptors (Lipinski definition) is 2. The van der Waals surface area contributed by atoms with Crippen LogP contribution in [0, 0.1) is 5.41 Å². The fourth-order valence-corrected chi connectivity index (χ4v) is 4.01. The van der Waals surface area contributed by atoms with Crippen molar-refractivity contribution in [3.05, 3.63) is 29.8 Å². The number of anilines is 1. The molecule has 1 saturated carbocycles. The second kappa shape index (κ2) is 5.72. The van der Waals surface area contributed by atoms with Gasteiger partial charge in [-0.3, -0.25) is 0 Å². The minimum Gasteiger partial charge on any atom is -0.389 e. The molecule has 0 radical (unpaired) electrons. The summed E-state index contributed by atoms with van der Waals surface area (Å²) in [6, 6.07) is 8.41. The minimum absolute atomic E-state index is 0.483. The van der Waals surface area contributed by atoms with E-state index in [4.69, 9.17) is 18.0 Å². The predicted molar refractivity (Wildman–Crippen MR) is 89.3 cm³/mol. The van der Waals surface area contributed by atoms with Crippen LogP contribution in [0.3, 0.4) is 0 Å². The van der Waals surface area contributed by atoms with Gasteiger partial charge in [0, 0.05) is 24.3 Å². The van der Waals surface area contributed by atoms with Crippen LogP contribution < -0.4 is 10.6 Å². The molecule has 2 N–H and O–H groups in total. The van der Waals surface area contributed by atoms with E-state index in [2.05, 4.69) is 17.0 Å². The molecule has 1 aliphatic carbocycles. The molecule has 1 saturated heterocycles. The van der Waals surface area contributed by atoms with Gasteiger partial charge in [-0.1, -0.05) is 31.5 Å². The highest BCUT2D eigenvalue weighted by molar-refractivity contribution is 7.80. The maximum Gasteiger partial charge on any atom is 0.103 e. The van der Waals surface area contributed by atoms with Crippen LogP contribution in [0.4, 0.5) is 5.69 Å². The molecule has 0 unspecified atom stereocenters. The van der Waals surface area contributed by atoms with Crippen molar-refractivity contribution in [3.8, 4) is 0 Å². The first-order valence-corrected chi connectivity index (χ1v) is 8.24. The predicted octanol–water partition coefficient (Wildman–Crippen LogP) is 3.87. The number of benzene rings is 1. The second-order valence-electron chi connectivity index (χ2n) is 6.46. The lowest BCUT2D eigenvalue weighted by atomic mass is 9.68. The molecule has 1 heterocycles. The van der Waals surface area contributed by atoms with Crippen LogP contribution in [0.1, 0.15) is 50.5 Å². The summed E-state index contributed by atoms with van der Waals surface area (Å²) in [5, 5.41) is 0. The highest BCUT2D eigenvalue weighted by atomic mass is 32.1. The quantitative estimate of drug-likeness (QED) is 0.838.